The van der Waals surface area contributed by atoms with E-state index in [0.29, 0.717) is 16.5 Å². The average molecular weight is 302 g/mol. The second kappa shape index (κ2) is 5.51. The Labute approximate surface area is 109 Å². The molecule has 0 spiro atoms. The maximum absolute atomic E-state index is 11.7. The zero-order chi connectivity index (χ0) is 13.1. The smallest absolute Gasteiger partial charge is 0.251 e. The Hall–Kier alpha value is -1.07. The van der Waals surface area contributed by atoms with Gasteiger partial charge in [0.15, 0.2) is 0 Å². The summed E-state index contributed by atoms with van der Waals surface area (Å²) < 4.78 is 0.537. The second-order valence-electron chi connectivity index (χ2n) is 4.20. The molecule has 0 aromatic heterocycles. The number of nitrogens with one attached hydrogen (secondary N) is 1. The Balaban J connectivity index is 2.68. The maximum Gasteiger partial charge on any atom is 0.251 e. The predicted molar refractivity (Wildman–Crippen MR) is 69.1 cm³/mol. The molecule has 1 aromatic rings. The third-order valence-corrected chi connectivity index (χ3v) is 3.27. The summed E-state index contributed by atoms with van der Waals surface area (Å²) in [6.45, 7) is 3.68. The molecule has 1 unspecified atom stereocenters. The Morgan fingerprint density at radius 2 is 2.18 bits per heavy atom. The van der Waals surface area contributed by atoms with Crippen molar-refractivity contribution in [3.63, 3.8) is 0 Å². The van der Waals surface area contributed by atoms with E-state index in [2.05, 4.69) is 21.2 Å². The molecule has 1 rings (SSSR count). The summed E-state index contributed by atoms with van der Waals surface area (Å²) in [5.74, 6) is -0.304. The number of amides is 1. The van der Waals surface area contributed by atoms with Crippen molar-refractivity contribution >= 4 is 21.8 Å². The standard InChI is InChI=1S/C12H16BrNO3/c1-3-12(2,17)7-14-11(16)8-4-5-9(13)10(15)6-8/h4-6,15,17H,3,7H2,1-2H3,(H,14,16). The van der Waals surface area contributed by atoms with Crippen molar-refractivity contribution in [2.24, 2.45) is 0 Å². The van der Waals surface area contributed by atoms with Crippen LogP contribution in [0.4, 0.5) is 0 Å². The number of carbonyl (C=O) groups excluding carboxylic acids is 1. The normalized spacial score (nSPS) is 14.1. The molecule has 0 fully saturated rings. The minimum atomic E-state index is -0.910. The largest absolute Gasteiger partial charge is 0.507 e. The van der Waals surface area contributed by atoms with Crippen LogP contribution in [0.15, 0.2) is 22.7 Å². The Morgan fingerprint density at radius 1 is 1.53 bits per heavy atom. The molecule has 1 aromatic carbocycles. The molecule has 0 bridgehead atoms. The topological polar surface area (TPSA) is 69.6 Å². The van der Waals surface area contributed by atoms with Crippen LogP contribution in [-0.2, 0) is 0 Å². The number of halogens is 1. The zero-order valence-electron chi connectivity index (χ0n) is 9.83. The molecule has 0 heterocycles. The molecule has 5 heteroatoms. The summed E-state index contributed by atoms with van der Waals surface area (Å²) in [4.78, 5) is 11.7. The van der Waals surface area contributed by atoms with Crippen molar-refractivity contribution in [1.29, 1.82) is 0 Å². The first-order valence-corrected chi connectivity index (χ1v) is 6.14. The number of aromatic hydroxyl groups is 1. The summed E-state index contributed by atoms with van der Waals surface area (Å²) >= 11 is 3.14. The van der Waals surface area contributed by atoms with E-state index in [4.69, 9.17) is 0 Å². The van der Waals surface area contributed by atoms with Gasteiger partial charge in [-0.2, -0.15) is 0 Å². The lowest BCUT2D eigenvalue weighted by molar-refractivity contribution is 0.0518. The van der Waals surface area contributed by atoms with Crippen LogP contribution >= 0.6 is 15.9 Å². The van der Waals surface area contributed by atoms with Crippen LogP contribution in [0.5, 0.6) is 5.75 Å². The summed E-state index contributed by atoms with van der Waals surface area (Å²) in [6, 6.07) is 4.57. The predicted octanol–water partition coefficient (Wildman–Crippen LogP) is 2.05. The Morgan fingerprint density at radius 3 is 2.71 bits per heavy atom. The lowest BCUT2D eigenvalue weighted by Crippen LogP contribution is -2.40. The fourth-order valence-corrected chi connectivity index (χ4v) is 1.40. The number of aliphatic hydroxyl groups is 1. The summed E-state index contributed by atoms with van der Waals surface area (Å²) in [5.41, 5.74) is -0.551. The van der Waals surface area contributed by atoms with E-state index in [1.54, 1.807) is 19.1 Å². The van der Waals surface area contributed by atoms with Gasteiger partial charge in [0.05, 0.1) is 10.1 Å². The van der Waals surface area contributed by atoms with E-state index in [-0.39, 0.29) is 18.2 Å². The van der Waals surface area contributed by atoms with Gasteiger partial charge in [0.25, 0.3) is 5.91 Å². The van der Waals surface area contributed by atoms with E-state index in [1.807, 2.05) is 6.92 Å². The van der Waals surface area contributed by atoms with E-state index >= 15 is 0 Å². The lowest BCUT2D eigenvalue weighted by atomic mass is 10.0. The highest BCUT2D eigenvalue weighted by Gasteiger charge is 2.19. The number of benzene rings is 1. The van der Waals surface area contributed by atoms with Crippen LogP contribution in [0.3, 0.4) is 0 Å². The van der Waals surface area contributed by atoms with Gasteiger partial charge < -0.3 is 15.5 Å². The summed E-state index contributed by atoms with van der Waals surface area (Å²) in [7, 11) is 0. The van der Waals surface area contributed by atoms with Crippen LogP contribution in [0.25, 0.3) is 0 Å². The molecule has 1 amide bonds. The molecule has 0 aliphatic heterocycles. The van der Waals surface area contributed by atoms with Crippen molar-refractivity contribution in [2.45, 2.75) is 25.9 Å². The fraction of sp³-hybridized carbons (Fsp3) is 0.417. The van der Waals surface area contributed by atoms with E-state index in [1.165, 1.54) is 6.07 Å². The molecule has 3 N–H and O–H groups in total. The van der Waals surface area contributed by atoms with Crippen molar-refractivity contribution in [3.8, 4) is 5.75 Å². The number of phenols is 1. The monoisotopic (exact) mass is 301 g/mol. The lowest BCUT2D eigenvalue weighted by Gasteiger charge is -2.21. The van der Waals surface area contributed by atoms with Gasteiger partial charge in [-0.3, -0.25) is 4.79 Å². The highest BCUT2D eigenvalue weighted by atomic mass is 79.9. The highest BCUT2D eigenvalue weighted by molar-refractivity contribution is 9.10. The first-order chi connectivity index (χ1) is 7.85. The first-order valence-electron chi connectivity index (χ1n) is 5.35. The van der Waals surface area contributed by atoms with Crippen LogP contribution in [0.1, 0.15) is 30.6 Å². The molecule has 0 aliphatic rings. The van der Waals surface area contributed by atoms with Crippen molar-refractivity contribution < 1.29 is 15.0 Å². The number of hydrogen-bond donors (Lipinski definition) is 3. The molecule has 0 radical (unpaired) electrons. The molecular weight excluding hydrogens is 286 g/mol. The van der Waals surface area contributed by atoms with Crippen molar-refractivity contribution in [1.82, 2.24) is 5.32 Å². The van der Waals surface area contributed by atoms with Crippen molar-refractivity contribution in [3.05, 3.63) is 28.2 Å². The summed E-state index contributed by atoms with van der Waals surface area (Å²) in [5, 5.41) is 21.8. The molecule has 0 saturated carbocycles. The molecule has 94 valence electrons. The number of hydrogen-bond acceptors (Lipinski definition) is 3. The number of rotatable bonds is 4. The van der Waals surface area contributed by atoms with Crippen LogP contribution < -0.4 is 5.32 Å². The second-order valence-corrected chi connectivity index (χ2v) is 5.05. The van der Waals surface area contributed by atoms with E-state index in [9.17, 15) is 15.0 Å². The van der Waals surface area contributed by atoms with Crippen LogP contribution in [-0.4, -0.2) is 28.3 Å². The van der Waals surface area contributed by atoms with Gasteiger partial charge in [-0.1, -0.05) is 6.92 Å². The van der Waals surface area contributed by atoms with Gasteiger partial charge in [-0.05, 0) is 47.5 Å². The number of phenolic OH excluding ortho intramolecular Hbond substituents is 1. The molecule has 4 nitrogen and oxygen atoms in total. The SMILES string of the molecule is CCC(C)(O)CNC(=O)c1ccc(Br)c(O)c1. The molecule has 0 aliphatic carbocycles. The van der Waals surface area contributed by atoms with Gasteiger partial charge in [0, 0.05) is 12.1 Å². The van der Waals surface area contributed by atoms with E-state index < -0.39 is 5.60 Å². The zero-order valence-corrected chi connectivity index (χ0v) is 11.4. The van der Waals surface area contributed by atoms with Crippen LogP contribution in [0.2, 0.25) is 0 Å². The minimum Gasteiger partial charge on any atom is -0.507 e. The van der Waals surface area contributed by atoms with E-state index in [0.717, 1.165) is 0 Å². The summed E-state index contributed by atoms with van der Waals surface area (Å²) in [6.07, 6.45) is 0.554. The maximum atomic E-state index is 11.7. The average Bonchev–Trinajstić information content (AvgIpc) is 2.30. The number of carbonyl (C=O) groups is 1. The third kappa shape index (κ3) is 4.02. The Bertz CT molecular complexity index is 418. The van der Waals surface area contributed by atoms with Crippen molar-refractivity contribution in [2.75, 3.05) is 6.54 Å². The van der Waals surface area contributed by atoms with Gasteiger partial charge >= 0.3 is 0 Å². The first kappa shape index (κ1) is 14.0. The quantitative estimate of drug-likeness (QED) is 0.797. The van der Waals surface area contributed by atoms with Gasteiger partial charge in [-0.15, -0.1) is 0 Å². The fourth-order valence-electron chi connectivity index (χ4n) is 1.15. The third-order valence-electron chi connectivity index (χ3n) is 2.60. The molecule has 0 saturated heterocycles. The molecular formula is C12H16BrNO3. The highest BCUT2D eigenvalue weighted by Crippen LogP contribution is 2.24. The molecule has 1 atom stereocenters. The van der Waals surface area contributed by atoms with Gasteiger partial charge in [-0.25, -0.2) is 0 Å². The molecule has 17 heavy (non-hydrogen) atoms. The van der Waals surface area contributed by atoms with Gasteiger partial charge in [0.1, 0.15) is 5.75 Å². The minimum absolute atomic E-state index is 0.0138. The Kier molecular flexibility index (Phi) is 4.54. The van der Waals surface area contributed by atoms with Crippen LogP contribution in [0, 0.1) is 0 Å². The van der Waals surface area contributed by atoms with Gasteiger partial charge in [0.2, 0.25) is 0 Å².